The lowest BCUT2D eigenvalue weighted by atomic mass is 10.1. The maximum Gasteiger partial charge on any atom is 0.331 e. The van der Waals surface area contributed by atoms with Crippen LogP contribution in [0.15, 0.2) is 40.9 Å². The van der Waals surface area contributed by atoms with Gasteiger partial charge in [0.25, 0.3) is 0 Å². The zero-order chi connectivity index (χ0) is 15.0. The first-order chi connectivity index (χ1) is 10.1. The lowest BCUT2D eigenvalue weighted by Crippen LogP contribution is -2.33. The highest BCUT2D eigenvalue weighted by atomic mass is 79.9. The molecule has 5 heteroatoms. The number of urea groups is 1. The standard InChI is InChI=1S/C16H15BrN2OS/c1-2-18-16(20)19(21)13-4-6-15-11(9-13)7-10-8-12(17)3-5-14(10)15/h3-6,8-9,21H,2,7H2,1H3,(H,18,20). The predicted octanol–water partition coefficient (Wildman–Crippen LogP) is 4.40. The number of anilines is 1. The highest BCUT2D eigenvalue weighted by molar-refractivity contribution is 9.10. The van der Waals surface area contributed by atoms with Crippen molar-refractivity contribution in [1.29, 1.82) is 0 Å². The van der Waals surface area contributed by atoms with Gasteiger partial charge >= 0.3 is 6.03 Å². The number of amides is 2. The number of thiol groups is 1. The number of halogens is 1. The molecule has 2 aromatic carbocycles. The van der Waals surface area contributed by atoms with Crippen LogP contribution in [0.5, 0.6) is 0 Å². The van der Waals surface area contributed by atoms with Crippen LogP contribution in [0, 0.1) is 0 Å². The summed E-state index contributed by atoms with van der Waals surface area (Å²) < 4.78 is 2.44. The molecule has 0 unspecified atom stereocenters. The molecule has 0 spiro atoms. The van der Waals surface area contributed by atoms with Gasteiger partial charge in [0.15, 0.2) is 0 Å². The van der Waals surface area contributed by atoms with E-state index in [-0.39, 0.29) is 6.03 Å². The second-order valence-electron chi connectivity index (χ2n) is 4.97. The summed E-state index contributed by atoms with van der Waals surface area (Å²) in [5.41, 5.74) is 5.82. The van der Waals surface area contributed by atoms with Crippen LogP contribution in [0.25, 0.3) is 11.1 Å². The Bertz CT molecular complexity index is 717. The van der Waals surface area contributed by atoms with Gasteiger partial charge in [-0.2, -0.15) is 0 Å². The molecular formula is C16H15BrN2OS. The minimum atomic E-state index is -0.209. The molecule has 0 saturated heterocycles. The number of fused-ring (bicyclic) bond motifs is 3. The first-order valence-corrected chi connectivity index (χ1v) is 7.98. The Kier molecular flexibility index (Phi) is 3.95. The number of nitrogens with one attached hydrogen (secondary N) is 1. The fraction of sp³-hybridized carbons (Fsp3) is 0.188. The molecule has 2 aromatic rings. The van der Waals surface area contributed by atoms with Gasteiger partial charge in [-0.1, -0.05) is 40.9 Å². The molecule has 0 aliphatic heterocycles. The number of rotatable bonds is 2. The van der Waals surface area contributed by atoms with Gasteiger partial charge in [0.1, 0.15) is 0 Å². The summed E-state index contributed by atoms with van der Waals surface area (Å²) in [6.45, 7) is 2.47. The van der Waals surface area contributed by atoms with Crippen molar-refractivity contribution in [1.82, 2.24) is 5.32 Å². The van der Waals surface area contributed by atoms with Crippen LogP contribution in [0.1, 0.15) is 18.1 Å². The lowest BCUT2D eigenvalue weighted by molar-refractivity contribution is 0.250. The molecule has 21 heavy (non-hydrogen) atoms. The Morgan fingerprint density at radius 1 is 1.24 bits per heavy atom. The quantitative estimate of drug-likeness (QED) is 0.650. The van der Waals surface area contributed by atoms with Crippen LogP contribution in [0.4, 0.5) is 10.5 Å². The number of carbonyl (C=O) groups is 1. The lowest BCUT2D eigenvalue weighted by Gasteiger charge is -2.17. The Morgan fingerprint density at radius 2 is 1.90 bits per heavy atom. The van der Waals surface area contributed by atoms with E-state index in [1.807, 2.05) is 19.1 Å². The Balaban J connectivity index is 1.93. The van der Waals surface area contributed by atoms with Crippen molar-refractivity contribution in [3.05, 3.63) is 52.0 Å². The molecule has 0 saturated carbocycles. The average molecular weight is 363 g/mol. The zero-order valence-electron chi connectivity index (χ0n) is 11.6. The number of hydrogen-bond acceptors (Lipinski definition) is 2. The fourth-order valence-electron chi connectivity index (χ4n) is 2.64. The molecular weight excluding hydrogens is 348 g/mol. The van der Waals surface area contributed by atoms with Crippen molar-refractivity contribution >= 4 is 40.5 Å². The van der Waals surface area contributed by atoms with Crippen molar-refractivity contribution in [2.24, 2.45) is 0 Å². The highest BCUT2D eigenvalue weighted by Gasteiger charge is 2.20. The molecule has 0 aromatic heterocycles. The number of carbonyl (C=O) groups excluding carboxylic acids is 1. The fourth-order valence-corrected chi connectivity index (χ4v) is 3.24. The molecule has 0 fully saturated rings. The van der Waals surface area contributed by atoms with Crippen molar-refractivity contribution in [2.75, 3.05) is 10.8 Å². The van der Waals surface area contributed by atoms with Gasteiger partial charge in [0.05, 0.1) is 5.69 Å². The van der Waals surface area contributed by atoms with Crippen molar-refractivity contribution < 1.29 is 4.79 Å². The normalized spacial score (nSPS) is 11.8. The van der Waals surface area contributed by atoms with E-state index in [1.54, 1.807) is 0 Å². The van der Waals surface area contributed by atoms with Gasteiger partial charge in [-0.25, -0.2) is 9.10 Å². The van der Waals surface area contributed by atoms with E-state index in [4.69, 9.17) is 0 Å². The third-order valence-electron chi connectivity index (χ3n) is 3.59. The van der Waals surface area contributed by atoms with Gasteiger partial charge in [0, 0.05) is 11.0 Å². The summed E-state index contributed by atoms with van der Waals surface area (Å²) in [5, 5.41) is 2.74. The predicted molar refractivity (Wildman–Crippen MR) is 92.9 cm³/mol. The van der Waals surface area contributed by atoms with E-state index in [2.05, 4.69) is 58.3 Å². The first-order valence-electron chi connectivity index (χ1n) is 6.78. The van der Waals surface area contributed by atoms with Crippen molar-refractivity contribution in [3.8, 4) is 11.1 Å². The zero-order valence-corrected chi connectivity index (χ0v) is 14.0. The minimum absolute atomic E-state index is 0.209. The maximum atomic E-state index is 11.8. The van der Waals surface area contributed by atoms with Crippen molar-refractivity contribution in [2.45, 2.75) is 13.3 Å². The smallest absolute Gasteiger partial charge is 0.331 e. The van der Waals surface area contributed by atoms with Crippen LogP contribution in [-0.2, 0) is 6.42 Å². The molecule has 1 N–H and O–H groups in total. The van der Waals surface area contributed by atoms with E-state index in [0.29, 0.717) is 6.54 Å². The SMILES string of the molecule is CCNC(=O)N(S)c1ccc2c(c1)Cc1cc(Br)ccc1-2. The number of benzene rings is 2. The van der Waals surface area contributed by atoms with Crippen LogP contribution in [-0.4, -0.2) is 12.6 Å². The third kappa shape index (κ3) is 2.68. The topological polar surface area (TPSA) is 32.3 Å². The van der Waals surface area contributed by atoms with Gasteiger partial charge in [-0.15, -0.1) is 0 Å². The van der Waals surface area contributed by atoms with Gasteiger partial charge in [-0.3, -0.25) is 0 Å². The maximum absolute atomic E-state index is 11.8. The van der Waals surface area contributed by atoms with Gasteiger partial charge < -0.3 is 5.32 Å². The summed E-state index contributed by atoms with van der Waals surface area (Å²) in [7, 11) is 0. The van der Waals surface area contributed by atoms with E-state index in [1.165, 1.54) is 26.6 Å². The molecule has 108 valence electrons. The van der Waals surface area contributed by atoms with Crippen LogP contribution >= 0.6 is 28.7 Å². The Hall–Kier alpha value is -1.46. The monoisotopic (exact) mass is 362 g/mol. The average Bonchev–Trinajstić information content (AvgIpc) is 2.82. The largest absolute Gasteiger partial charge is 0.337 e. The first kappa shape index (κ1) is 14.5. The van der Waals surface area contributed by atoms with Crippen molar-refractivity contribution in [3.63, 3.8) is 0 Å². The van der Waals surface area contributed by atoms with Gasteiger partial charge in [0.2, 0.25) is 0 Å². The summed E-state index contributed by atoms with van der Waals surface area (Å²) in [4.78, 5) is 11.8. The molecule has 1 aliphatic rings. The molecule has 3 rings (SSSR count). The molecule has 2 amide bonds. The molecule has 0 atom stereocenters. The van der Waals surface area contributed by atoms with E-state index >= 15 is 0 Å². The molecule has 0 heterocycles. The van der Waals surface area contributed by atoms with E-state index in [0.717, 1.165) is 16.6 Å². The van der Waals surface area contributed by atoms with Gasteiger partial charge in [-0.05, 0) is 59.9 Å². The second-order valence-corrected chi connectivity index (χ2v) is 6.28. The summed E-state index contributed by atoms with van der Waals surface area (Å²) in [6.07, 6.45) is 0.884. The number of nitrogens with zero attached hydrogens (tertiary/aromatic N) is 1. The Morgan fingerprint density at radius 3 is 2.62 bits per heavy atom. The highest BCUT2D eigenvalue weighted by Crippen LogP contribution is 2.39. The number of hydrogen-bond donors (Lipinski definition) is 2. The Labute approximate surface area is 138 Å². The molecule has 0 bridgehead atoms. The third-order valence-corrected chi connectivity index (χ3v) is 4.50. The minimum Gasteiger partial charge on any atom is -0.337 e. The van der Waals surface area contributed by atoms with Crippen LogP contribution < -0.4 is 9.62 Å². The summed E-state index contributed by atoms with van der Waals surface area (Å²) in [6, 6.07) is 12.2. The van der Waals surface area contributed by atoms with E-state index < -0.39 is 0 Å². The second kappa shape index (κ2) is 5.73. The van der Waals surface area contributed by atoms with Crippen LogP contribution in [0.2, 0.25) is 0 Å². The summed E-state index contributed by atoms with van der Waals surface area (Å²) in [5.74, 6) is 0. The molecule has 0 radical (unpaired) electrons. The molecule has 1 aliphatic carbocycles. The molecule has 3 nitrogen and oxygen atoms in total. The van der Waals surface area contributed by atoms with Crippen LogP contribution in [0.3, 0.4) is 0 Å². The summed E-state index contributed by atoms with van der Waals surface area (Å²) >= 11 is 7.79. The van der Waals surface area contributed by atoms with E-state index in [9.17, 15) is 4.79 Å².